The molecule has 1 fully saturated rings. The Morgan fingerprint density at radius 2 is 2.36 bits per heavy atom. The van der Waals surface area contributed by atoms with Gasteiger partial charge in [0, 0.05) is 6.04 Å². The highest BCUT2D eigenvalue weighted by atomic mass is 16.5. The second-order valence-electron chi connectivity index (χ2n) is 3.70. The number of likely N-dealkylation sites (N-methyl/N-ethyl adjacent to an activating group) is 1. The van der Waals surface area contributed by atoms with Gasteiger partial charge in [-0.3, -0.25) is 9.69 Å². The van der Waals surface area contributed by atoms with Crippen LogP contribution in [0.25, 0.3) is 0 Å². The molecular formula is C11H19NO2. The van der Waals surface area contributed by atoms with Gasteiger partial charge in [-0.15, -0.1) is 0 Å². The summed E-state index contributed by atoms with van der Waals surface area (Å²) in [5, 5.41) is 0. The topological polar surface area (TPSA) is 29.5 Å². The third kappa shape index (κ3) is 2.58. The van der Waals surface area contributed by atoms with E-state index < -0.39 is 0 Å². The van der Waals surface area contributed by atoms with Crippen LogP contribution >= 0.6 is 0 Å². The normalized spacial score (nSPS) is 22.3. The van der Waals surface area contributed by atoms with Crippen molar-refractivity contribution in [1.82, 2.24) is 4.90 Å². The lowest BCUT2D eigenvalue weighted by Gasteiger charge is -2.24. The summed E-state index contributed by atoms with van der Waals surface area (Å²) in [6.45, 7) is 8.28. The Balaban J connectivity index is 2.47. The van der Waals surface area contributed by atoms with Crippen molar-refractivity contribution in [3.63, 3.8) is 0 Å². The van der Waals surface area contributed by atoms with E-state index in [1.807, 2.05) is 0 Å². The number of hydrogen-bond acceptors (Lipinski definition) is 3. The van der Waals surface area contributed by atoms with Crippen molar-refractivity contribution in [2.75, 3.05) is 20.2 Å². The van der Waals surface area contributed by atoms with Crippen LogP contribution in [-0.4, -0.2) is 37.1 Å². The highest BCUT2D eigenvalue weighted by Gasteiger charge is 2.26. The van der Waals surface area contributed by atoms with Crippen molar-refractivity contribution in [3.05, 3.63) is 12.2 Å². The Morgan fingerprint density at radius 1 is 1.64 bits per heavy atom. The molecule has 0 aromatic heterocycles. The summed E-state index contributed by atoms with van der Waals surface area (Å²) in [6.07, 6.45) is 2.69. The molecule has 1 aliphatic heterocycles. The number of carbonyl (C=O) groups excluding carboxylic acids is 1. The molecule has 3 nitrogen and oxygen atoms in total. The second-order valence-corrected chi connectivity index (χ2v) is 3.70. The molecule has 1 rings (SSSR count). The number of hydrogen-bond donors (Lipinski definition) is 0. The van der Waals surface area contributed by atoms with Crippen LogP contribution in [0.2, 0.25) is 0 Å². The zero-order valence-corrected chi connectivity index (χ0v) is 9.08. The minimum Gasteiger partial charge on any atom is -0.469 e. The van der Waals surface area contributed by atoms with Crippen molar-refractivity contribution in [1.29, 1.82) is 0 Å². The van der Waals surface area contributed by atoms with Gasteiger partial charge in [0.05, 0.1) is 13.5 Å². The first kappa shape index (κ1) is 11.2. The summed E-state index contributed by atoms with van der Waals surface area (Å²) < 4.78 is 4.63. The molecule has 1 saturated heterocycles. The molecule has 0 radical (unpaired) electrons. The van der Waals surface area contributed by atoms with E-state index in [0.29, 0.717) is 12.5 Å². The van der Waals surface area contributed by atoms with Crippen molar-refractivity contribution >= 4 is 5.97 Å². The Hall–Kier alpha value is -0.830. The number of ether oxygens (including phenoxy) is 1. The molecule has 3 heteroatoms. The summed E-state index contributed by atoms with van der Waals surface area (Å²) in [7, 11) is 1.42. The van der Waals surface area contributed by atoms with Gasteiger partial charge in [-0.1, -0.05) is 13.5 Å². The highest BCUT2D eigenvalue weighted by Crippen LogP contribution is 2.24. The quantitative estimate of drug-likeness (QED) is 0.506. The summed E-state index contributed by atoms with van der Waals surface area (Å²) in [6, 6.07) is 0.388. The van der Waals surface area contributed by atoms with Gasteiger partial charge in [-0.2, -0.15) is 0 Å². The van der Waals surface area contributed by atoms with Crippen molar-refractivity contribution in [3.8, 4) is 0 Å². The van der Waals surface area contributed by atoms with Gasteiger partial charge in [-0.25, -0.2) is 0 Å². The molecule has 1 unspecified atom stereocenters. The molecule has 14 heavy (non-hydrogen) atoms. The molecule has 0 aromatic carbocycles. The number of nitrogens with zero attached hydrogens (tertiary/aromatic N) is 1. The Bertz CT molecular complexity index is 225. The van der Waals surface area contributed by atoms with Crippen molar-refractivity contribution < 1.29 is 9.53 Å². The van der Waals surface area contributed by atoms with E-state index in [2.05, 4.69) is 23.1 Å². The zero-order valence-electron chi connectivity index (χ0n) is 9.08. The number of esters is 1. The van der Waals surface area contributed by atoms with E-state index >= 15 is 0 Å². The van der Waals surface area contributed by atoms with Crippen LogP contribution in [0.3, 0.4) is 0 Å². The third-order valence-electron chi connectivity index (χ3n) is 2.84. The van der Waals surface area contributed by atoms with E-state index in [-0.39, 0.29) is 5.97 Å². The van der Waals surface area contributed by atoms with Crippen LogP contribution in [0.1, 0.15) is 26.2 Å². The maximum absolute atomic E-state index is 11.1. The lowest BCUT2D eigenvalue weighted by molar-refractivity contribution is -0.139. The molecule has 0 aromatic rings. The van der Waals surface area contributed by atoms with Gasteiger partial charge >= 0.3 is 5.97 Å². The third-order valence-corrected chi connectivity index (χ3v) is 2.84. The molecule has 0 N–H and O–H groups in total. The summed E-state index contributed by atoms with van der Waals surface area (Å²) in [5.74, 6) is -0.182. The maximum Gasteiger partial charge on any atom is 0.309 e. The second kappa shape index (κ2) is 5.15. The smallest absolute Gasteiger partial charge is 0.309 e. The zero-order chi connectivity index (χ0) is 10.6. The summed E-state index contributed by atoms with van der Waals surface area (Å²) in [4.78, 5) is 13.4. The molecule has 0 saturated carbocycles. The Morgan fingerprint density at radius 3 is 2.93 bits per heavy atom. The lowest BCUT2D eigenvalue weighted by atomic mass is 10.0. The fraction of sp³-hybridized carbons (Fsp3) is 0.727. The van der Waals surface area contributed by atoms with Gasteiger partial charge in [0.25, 0.3) is 0 Å². The van der Waals surface area contributed by atoms with Crippen molar-refractivity contribution in [2.45, 2.75) is 32.2 Å². The molecular weight excluding hydrogens is 178 g/mol. The van der Waals surface area contributed by atoms with Crippen LogP contribution in [0.4, 0.5) is 0 Å². The summed E-state index contributed by atoms with van der Waals surface area (Å²) in [5.41, 5.74) is 0.996. The Labute approximate surface area is 85.7 Å². The minimum absolute atomic E-state index is 0.182. The van der Waals surface area contributed by atoms with Crippen LogP contribution < -0.4 is 0 Å². The molecule has 0 aliphatic carbocycles. The number of rotatable bonds is 4. The van der Waals surface area contributed by atoms with E-state index in [4.69, 9.17) is 0 Å². The van der Waals surface area contributed by atoms with Crippen LogP contribution in [0.5, 0.6) is 0 Å². The molecule has 0 bridgehead atoms. The molecule has 0 amide bonds. The molecule has 1 aliphatic rings. The predicted molar refractivity (Wildman–Crippen MR) is 56.0 cm³/mol. The van der Waals surface area contributed by atoms with Gasteiger partial charge in [0.1, 0.15) is 0 Å². The van der Waals surface area contributed by atoms with Gasteiger partial charge in [-0.05, 0) is 31.5 Å². The first-order chi connectivity index (χ1) is 6.69. The SMILES string of the molecule is C=C(CC(=O)OC)C1CCCN1CC. The molecule has 80 valence electrons. The predicted octanol–water partition coefficient (Wildman–Crippen LogP) is 1.59. The first-order valence-corrected chi connectivity index (χ1v) is 5.17. The van der Waals surface area contributed by atoms with Crippen molar-refractivity contribution in [2.24, 2.45) is 0 Å². The maximum atomic E-state index is 11.1. The van der Waals surface area contributed by atoms with E-state index in [1.54, 1.807) is 0 Å². The van der Waals surface area contributed by atoms with E-state index in [1.165, 1.54) is 13.5 Å². The lowest BCUT2D eigenvalue weighted by Crippen LogP contribution is -2.31. The average Bonchev–Trinajstić information content (AvgIpc) is 2.65. The Kier molecular flexibility index (Phi) is 4.14. The van der Waals surface area contributed by atoms with Gasteiger partial charge < -0.3 is 4.74 Å². The van der Waals surface area contributed by atoms with E-state index in [9.17, 15) is 4.79 Å². The molecule has 0 spiro atoms. The number of methoxy groups -OCH3 is 1. The monoisotopic (exact) mass is 197 g/mol. The van der Waals surface area contributed by atoms with Crippen LogP contribution in [0, 0.1) is 0 Å². The molecule has 1 atom stereocenters. The fourth-order valence-electron chi connectivity index (χ4n) is 2.04. The highest BCUT2D eigenvalue weighted by molar-refractivity contribution is 5.72. The average molecular weight is 197 g/mol. The molecule has 1 heterocycles. The van der Waals surface area contributed by atoms with Gasteiger partial charge in [0.2, 0.25) is 0 Å². The number of likely N-dealkylation sites (tertiary alicyclic amines) is 1. The number of carbonyl (C=O) groups is 1. The fourth-order valence-corrected chi connectivity index (χ4v) is 2.04. The largest absolute Gasteiger partial charge is 0.469 e. The van der Waals surface area contributed by atoms with Gasteiger partial charge in [0.15, 0.2) is 0 Å². The standard InChI is InChI=1S/C11H19NO2/c1-4-12-7-5-6-10(12)9(2)8-11(13)14-3/h10H,2,4-8H2,1,3H3. The van der Waals surface area contributed by atoms with Crippen LogP contribution in [0.15, 0.2) is 12.2 Å². The van der Waals surface area contributed by atoms with E-state index in [0.717, 1.165) is 25.1 Å². The van der Waals surface area contributed by atoms with Crippen LogP contribution in [-0.2, 0) is 9.53 Å². The minimum atomic E-state index is -0.182. The summed E-state index contributed by atoms with van der Waals surface area (Å²) >= 11 is 0. The first-order valence-electron chi connectivity index (χ1n) is 5.17.